The lowest BCUT2D eigenvalue weighted by atomic mass is 10.2. The molecule has 104 valence electrons. The normalized spacial score (nSPS) is 10.3. The molecular weight excluding hydrogens is 336 g/mol. The summed E-state index contributed by atoms with van der Waals surface area (Å²) in [7, 11) is 0. The van der Waals surface area contributed by atoms with Gasteiger partial charge in [-0.2, -0.15) is 4.39 Å². The summed E-state index contributed by atoms with van der Waals surface area (Å²) in [4.78, 5) is 10.3. The second-order valence-electron chi connectivity index (χ2n) is 3.85. The van der Waals surface area contributed by atoms with Gasteiger partial charge in [0.15, 0.2) is 11.6 Å². The Balaban J connectivity index is 2.43. The zero-order chi connectivity index (χ0) is 14.7. The average Bonchev–Trinajstić information content (AvgIpc) is 2.44. The van der Waals surface area contributed by atoms with E-state index in [9.17, 15) is 18.9 Å². The summed E-state index contributed by atoms with van der Waals surface area (Å²) < 4.78 is 31.7. The van der Waals surface area contributed by atoms with Crippen LogP contribution in [0.5, 0.6) is 11.5 Å². The van der Waals surface area contributed by atoms with Crippen molar-refractivity contribution in [2.75, 3.05) is 0 Å². The summed E-state index contributed by atoms with van der Waals surface area (Å²) >= 11 is 3.18. The molecule has 20 heavy (non-hydrogen) atoms. The fourth-order valence-electron chi connectivity index (χ4n) is 1.56. The summed E-state index contributed by atoms with van der Waals surface area (Å²) in [6, 6.07) is 7.63. The molecule has 0 aromatic heterocycles. The van der Waals surface area contributed by atoms with Crippen LogP contribution in [0.2, 0.25) is 0 Å². The van der Waals surface area contributed by atoms with E-state index in [2.05, 4.69) is 15.9 Å². The van der Waals surface area contributed by atoms with Gasteiger partial charge >= 0.3 is 5.69 Å². The number of hydrogen-bond donors (Lipinski definition) is 0. The van der Waals surface area contributed by atoms with Gasteiger partial charge in [-0.15, -0.1) is 0 Å². The zero-order valence-corrected chi connectivity index (χ0v) is 11.6. The molecule has 0 aliphatic carbocycles. The first-order valence-electron chi connectivity index (χ1n) is 5.48. The second kappa shape index (κ2) is 5.96. The topological polar surface area (TPSA) is 52.4 Å². The Bertz CT molecular complexity index is 664. The average molecular weight is 344 g/mol. The highest BCUT2D eigenvalue weighted by molar-refractivity contribution is 9.08. The number of benzene rings is 2. The molecule has 0 bridgehead atoms. The molecular formula is C13H8BrF2NO3. The molecule has 7 heteroatoms. The Morgan fingerprint density at radius 2 is 1.95 bits per heavy atom. The Hall–Kier alpha value is -2.02. The van der Waals surface area contributed by atoms with Crippen LogP contribution in [-0.2, 0) is 5.33 Å². The molecule has 2 aromatic carbocycles. The van der Waals surface area contributed by atoms with Gasteiger partial charge in [-0.3, -0.25) is 10.1 Å². The first kappa shape index (κ1) is 14.4. The molecule has 0 fully saturated rings. The third-order valence-electron chi connectivity index (χ3n) is 2.51. The lowest BCUT2D eigenvalue weighted by Gasteiger charge is -2.08. The molecule has 0 spiro atoms. The largest absolute Gasteiger partial charge is 0.447 e. The first-order valence-corrected chi connectivity index (χ1v) is 6.60. The van der Waals surface area contributed by atoms with E-state index in [1.54, 1.807) is 6.07 Å². The summed E-state index contributed by atoms with van der Waals surface area (Å²) in [6.45, 7) is 0. The molecule has 0 amide bonds. The molecule has 0 unspecified atom stereocenters. The van der Waals surface area contributed by atoms with Crippen molar-refractivity contribution >= 4 is 21.6 Å². The maximum atomic E-state index is 13.5. The molecule has 2 rings (SSSR count). The maximum absolute atomic E-state index is 13.5. The standard InChI is InChI=1S/C13H8BrF2NO3/c14-7-8-4-5-11(10(6-8)17(18)19)20-12-3-1-2-9(15)13(12)16/h1-6H,7H2. The second-order valence-corrected chi connectivity index (χ2v) is 4.41. The van der Waals surface area contributed by atoms with E-state index in [0.29, 0.717) is 10.9 Å². The number of nitrogens with zero attached hydrogens (tertiary/aromatic N) is 1. The Morgan fingerprint density at radius 1 is 1.20 bits per heavy atom. The molecule has 4 nitrogen and oxygen atoms in total. The Morgan fingerprint density at radius 3 is 2.60 bits per heavy atom. The highest BCUT2D eigenvalue weighted by Crippen LogP contribution is 2.34. The van der Waals surface area contributed by atoms with Crippen molar-refractivity contribution in [1.82, 2.24) is 0 Å². The predicted molar refractivity (Wildman–Crippen MR) is 72.2 cm³/mol. The number of halogens is 3. The third-order valence-corrected chi connectivity index (χ3v) is 3.16. The lowest BCUT2D eigenvalue weighted by Crippen LogP contribution is -1.97. The van der Waals surface area contributed by atoms with E-state index >= 15 is 0 Å². The summed E-state index contributed by atoms with van der Waals surface area (Å²) in [5.41, 5.74) is 0.356. The summed E-state index contributed by atoms with van der Waals surface area (Å²) in [5, 5.41) is 11.4. The van der Waals surface area contributed by atoms with Crippen molar-refractivity contribution in [2.45, 2.75) is 5.33 Å². The summed E-state index contributed by atoms with van der Waals surface area (Å²) in [6.07, 6.45) is 0. The van der Waals surface area contributed by atoms with E-state index in [1.807, 2.05) is 0 Å². The van der Waals surface area contributed by atoms with Crippen LogP contribution in [0.3, 0.4) is 0 Å². The molecule has 0 atom stereocenters. The van der Waals surface area contributed by atoms with Crippen molar-refractivity contribution in [3.63, 3.8) is 0 Å². The maximum Gasteiger partial charge on any atom is 0.311 e. The summed E-state index contributed by atoms with van der Waals surface area (Å²) in [5.74, 6) is -2.82. The van der Waals surface area contributed by atoms with Crippen LogP contribution < -0.4 is 4.74 Å². The van der Waals surface area contributed by atoms with Crippen molar-refractivity contribution < 1.29 is 18.4 Å². The number of nitro benzene ring substituents is 1. The molecule has 0 saturated heterocycles. The van der Waals surface area contributed by atoms with Crippen molar-refractivity contribution in [1.29, 1.82) is 0 Å². The smallest absolute Gasteiger partial charge is 0.311 e. The number of ether oxygens (including phenoxy) is 1. The SMILES string of the molecule is O=[N+]([O-])c1cc(CBr)ccc1Oc1cccc(F)c1F. The van der Waals surface area contributed by atoms with Gasteiger partial charge < -0.3 is 4.74 Å². The van der Waals surface area contributed by atoms with Crippen LogP contribution in [-0.4, -0.2) is 4.92 Å². The highest BCUT2D eigenvalue weighted by atomic mass is 79.9. The minimum absolute atomic E-state index is 0.149. The fraction of sp³-hybridized carbons (Fsp3) is 0.0769. The van der Waals surface area contributed by atoms with Gasteiger partial charge in [0, 0.05) is 11.4 Å². The third kappa shape index (κ3) is 2.93. The minimum atomic E-state index is -1.19. The van der Waals surface area contributed by atoms with E-state index in [1.165, 1.54) is 24.3 Å². The number of hydrogen-bond acceptors (Lipinski definition) is 3. The lowest BCUT2D eigenvalue weighted by molar-refractivity contribution is -0.385. The van der Waals surface area contributed by atoms with Crippen molar-refractivity contribution in [3.8, 4) is 11.5 Å². The molecule has 0 aliphatic rings. The van der Waals surface area contributed by atoms with Crippen LogP contribution in [0.4, 0.5) is 14.5 Å². The monoisotopic (exact) mass is 343 g/mol. The zero-order valence-electron chi connectivity index (χ0n) is 9.98. The van der Waals surface area contributed by atoms with Crippen LogP contribution in [0.1, 0.15) is 5.56 Å². The molecule has 0 aliphatic heterocycles. The van der Waals surface area contributed by atoms with Crippen LogP contribution >= 0.6 is 15.9 Å². The number of rotatable bonds is 4. The number of nitro groups is 1. The fourth-order valence-corrected chi connectivity index (χ4v) is 1.91. The van der Waals surface area contributed by atoms with Gasteiger partial charge in [0.05, 0.1) is 4.92 Å². The van der Waals surface area contributed by atoms with Gasteiger partial charge in [0.1, 0.15) is 0 Å². The van der Waals surface area contributed by atoms with Gasteiger partial charge in [-0.1, -0.05) is 28.1 Å². The van der Waals surface area contributed by atoms with E-state index in [0.717, 1.165) is 6.07 Å². The predicted octanol–water partition coefficient (Wildman–Crippen LogP) is 4.56. The quantitative estimate of drug-likeness (QED) is 0.464. The minimum Gasteiger partial charge on any atom is -0.447 e. The molecule has 0 radical (unpaired) electrons. The van der Waals surface area contributed by atoms with Crippen LogP contribution in [0.15, 0.2) is 36.4 Å². The molecule has 0 N–H and O–H groups in total. The van der Waals surface area contributed by atoms with Gasteiger partial charge in [0.25, 0.3) is 0 Å². The highest BCUT2D eigenvalue weighted by Gasteiger charge is 2.19. The Kier molecular flexibility index (Phi) is 4.29. The van der Waals surface area contributed by atoms with Crippen LogP contribution in [0, 0.1) is 21.7 Å². The molecule has 0 saturated carbocycles. The van der Waals surface area contributed by atoms with E-state index < -0.39 is 22.3 Å². The van der Waals surface area contributed by atoms with Crippen molar-refractivity contribution in [3.05, 3.63) is 63.7 Å². The van der Waals surface area contributed by atoms with Gasteiger partial charge in [0.2, 0.25) is 11.6 Å². The Labute approximate surface area is 121 Å². The number of alkyl halides is 1. The molecule has 0 heterocycles. The molecule has 2 aromatic rings. The van der Waals surface area contributed by atoms with Crippen molar-refractivity contribution in [2.24, 2.45) is 0 Å². The van der Waals surface area contributed by atoms with Gasteiger partial charge in [-0.25, -0.2) is 4.39 Å². The first-order chi connectivity index (χ1) is 9.52. The van der Waals surface area contributed by atoms with E-state index in [4.69, 9.17) is 4.74 Å². The van der Waals surface area contributed by atoms with E-state index in [-0.39, 0.29) is 11.4 Å². The van der Waals surface area contributed by atoms with Gasteiger partial charge in [-0.05, 0) is 23.8 Å². The van der Waals surface area contributed by atoms with Crippen LogP contribution in [0.25, 0.3) is 0 Å².